The van der Waals surface area contributed by atoms with Crippen molar-refractivity contribution in [2.45, 2.75) is 30.7 Å². The second-order valence-electron chi connectivity index (χ2n) is 8.14. The van der Waals surface area contributed by atoms with E-state index < -0.39 is 10.0 Å². The number of ether oxygens (including phenoxy) is 1. The average Bonchev–Trinajstić information content (AvgIpc) is 3.46. The third-order valence-electron chi connectivity index (χ3n) is 6.20. The molecule has 10 heteroatoms. The van der Waals surface area contributed by atoms with Crippen molar-refractivity contribution in [2.24, 2.45) is 0 Å². The molecule has 9 nitrogen and oxygen atoms in total. The second kappa shape index (κ2) is 8.27. The molecule has 168 valence electrons. The van der Waals surface area contributed by atoms with E-state index in [0.29, 0.717) is 38.4 Å². The van der Waals surface area contributed by atoms with Crippen molar-refractivity contribution in [1.82, 2.24) is 23.8 Å². The van der Waals surface area contributed by atoms with E-state index in [1.165, 1.54) is 10.4 Å². The Morgan fingerprint density at radius 1 is 1.09 bits per heavy atom. The van der Waals surface area contributed by atoms with Crippen LogP contribution in [0.25, 0.3) is 5.65 Å². The molecule has 0 unspecified atom stereocenters. The highest BCUT2D eigenvalue weighted by molar-refractivity contribution is 7.89. The maximum Gasteiger partial charge on any atom is 0.254 e. The highest BCUT2D eigenvalue weighted by atomic mass is 32.2. The zero-order valence-electron chi connectivity index (χ0n) is 17.8. The van der Waals surface area contributed by atoms with Crippen LogP contribution in [0.5, 0.6) is 0 Å². The number of likely N-dealkylation sites (tertiary alicyclic amines) is 1. The van der Waals surface area contributed by atoms with E-state index in [0.717, 1.165) is 29.9 Å². The Kier molecular flexibility index (Phi) is 5.44. The summed E-state index contributed by atoms with van der Waals surface area (Å²) in [6, 6.07) is 10.3. The van der Waals surface area contributed by atoms with E-state index in [4.69, 9.17) is 4.74 Å². The number of fused-ring (bicyclic) bond motifs is 1. The van der Waals surface area contributed by atoms with E-state index in [9.17, 15) is 13.2 Å². The molecule has 0 radical (unpaired) electrons. The molecule has 0 N–H and O–H groups in total. The number of carbonyl (C=O) groups excluding carboxylic acids is 1. The minimum Gasteiger partial charge on any atom is -0.379 e. The third-order valence-corrected chi connectivity index (χ3v) is 8.09. The zero-order valence-corrected chi connectivity index (χ0v) is 18.7. The van der Waals surface area contributed by atoms with Gasteiger partial charge in [0.05, 0.1) is 24.2 Å². The fourth-order valence-corrected chi connectivity index (χ4v) is 5.88. The molecule has 1 atom stereocenters. The number of nitrogens with zero attached hydrogens (tertiary/aromatic N) is 5. The molecule has 1 aromatic carbocycles. The van der Waals surface area contributed by atoms with Crippen molar-refractivity contribution in [3.63, 3.8) is 0 Å². The molecule has 0 bridgehead atoms. The number of hydrogen-bond acceptors (Lipinski definition) is 6. The standard InChI is InChI=1S/C22H25N5O4S/c1-16-7-8-17(32(29,30)25-11-13-31-14-12-25)15-18(16)22(28)26-10-4-5-19(26)21-24-23-20-6-2-3-9-27(20)21/h2-3,6-9,15,19H,4-5,10-14H2,1H3/t19-/m1/s1. The fraction of sp³-hybridized carbons (Fsp3) is 0.409. The summed E-state index contributed by atoms with van der Waals surface area (Å²) in [6.07, 6.45) is 3.53. The number of morpholine rings is 1. The van der Waals surface area contributed by atoms with Crippen molar-refractivity contribution < 1.29 is 17.9 Å². The van der Waals surface area contributed by atoms with E-state index in [2.05, 4.69) is 10.2 Å². The number of sulfonamides is 1. The van der Waals surface area contributed by atoms with Crippen LogP contribution in [0.3, 0.4) is 0 Å². The van der Waals surface area contributed by atoms with Gasteiger partial charge in [0.2, 0.25) is 10.0 Å². The molecule has 1 amide bonds. The van der Waals surface area contributed by atoms with Crippen molar-refractivity contribution in [3.05, 3.63) is 59.5 Å². The van der Waals surface area contributed by atoms with Crippen LogP contribution in [-0.4, -0.2) is 71.0 Å². The van der Waals surface area contributed by atoms with Gasteiger partial charge in [0.15, 0.2) is 11.5 Å². The van der Waals surface area contributed by atoms with Crippen LogP contribution in [0, 0.1) is 6.92 Å². The van der Waals surface area contributed by atoms with Crippen LogP contribution in [0.2, 0.25) is 0 Å². The molecule has 4 heterocycles. The van der Waals surface area contributed by atoms with Gasteiger partial charge in [-0.05, 0) is 49.6 Å². The normalized spacial score (nSPS) is 20.2. The monoisotopic (exact) mass is 455 g/mol. The minimum atomic E-state index is -3.69. The number of aryl methyl sites for hydroxylation is 1. The average molecular weight is 456 g/mol. The number of pyridine rings is 1. The number of benzene rings is 1. The van der Waals surface area contributed by atoms with Crippen LogP contribution >= 0.6 is 0 Å². The first-order chi connectivity index (χ1) is 15.5. The summed E-state index contributed by atoms with van der Waals surface area (Å²) < 4.78 is 34.8. The molecule has 5 rings (SSSR count). The first kappa shape index (κ1) is 21.0. The maximum absolute atomic E-state index is 13.6. The number of carbonyl (C=O) groups is 1. The first-order valence-corrected chi connectivity index (χ1v) is 12.2. The smallest absolute Gasteiger partial charge is 0.254 e. The Morgan fingerprint density at radius 2 is 1.91 bits per heavy atom. The quantitative estimate of drug-likeness (QED) is 0.597. The van der Waals surface area contributed by atoms with E-state index in [-0.39, 0.29) is 16.8 Å². The van der Waals surface area contributed by atoms with Gasteiger partial charge in [0.1, 0.15) is 0 Å². The lowest BCUT2D eigenvalue weighted by Crippen LogP contribution is -2.40. The molecule has 2 fully saturated rings. The predicted octanol–water partition coefficient (Wildman–Crippen LogP) is 2.04. The van der Waals surface area contributed by atoms with Crippen LogP contribution in [0.4, 0.5) is 0 Å². The van der Waals surface area contributed by atoms with Gasteiger partial charge in [-0.25, -0.2) is 8.42 Å². The van der Waals surface area contributed by atoms with E-state index in [1.54, 1.807) is 17.0 Å². The molecule has 3 aromatic rings. The lowest BCUT2D eigenvalue weighted by molar-refractivity contribution is 0.0724. The largest absolute Gasteiger partial charge is 0.379 e. The molecule has 2 aromatic heterocycles. The summed E-state index contributed by atoms with van der Waals surface area (Å²) in [5.41, 5.74) is 1.88. The topological polar surface area (TPSA) is 97.1 Å². The maximum atomic E-state index is 13.6. The van der Waals surface area contributed by atoms with Gasteiger partial charge in [0, 0.05) is 31.4 Å². The first-order valence-electron chi connectivity index (χ1n) is 10.8. The van der Waals surface area contributed by atoms with Crippen molar-refractivity contribution in [2.75, 3.05) is 32.8 Å². The molecule has 0 spiro atoms. The SMILES string of the molecule is Cc1ccc(S(=O)(=O)N2CCOCC2)cc1C(=O)N1CCC[C@@H]1c1nnc2ccccn12. The Morgan fingerprint density at radius 3 is 2.72 bits per heavy atom. The van der Waals surface area contributed by atoms with Gasteiger partial charge < -0.3 is 9.64 Å². The van der Waals surface area contributed by atoms with Crippen molar-refractivity contribution in [1.29, 1.82) is 0 Å². The summed E-state index contributed by atoms with van der Waals surface area (Å²) in [4.78, 5) is 15.5. The van der Waals surface area contributed by atoms with Gasteiger partial charge in [0.25, 0.3) is 5.91 Å². The molecule has 2 saturated heterocycles. The molecule has 32 heavy (non-hydrogen) atoms. The van der Waals surface area contributed by atoms with Crippen LogP contribution in [0.1, 0.15) is 40.6 Å². The highest BCUT2D eigenvalue weighted by Gasteiger charge is 2.35. The molecule has 2 aliphatic rings. The fourth-order valence-electron chi connectivity index (χ4n) is 4.45. The zero-order chi connectivity index (χ0) is 22.3. The summed E-state index contributed by atoms with van der Waals surface area (Å²) in [5, 5.41) is 8.57. The number of aromatic nitrogens is 3. The molecule has 2 aliphatic heterocycles. The predicted molar refractivity (Wildman–Crippen MR) is 117 cm³/mol. The minimum absolute atomic E-state index is 0.136. The third kappa shape index (κ3) is 3.58. The van der Waals surface area contributed by atoms with Crippen molar-refractivity contribution in [3.8, 4) is 0 Å². The van der Waals surface area contributed by atoms with Gasteiger partial charge in [-0.3, -0.25) is 9.20 Å². The molecule has 0 aliphatic carbocycles. The Hall–Kier alpha value is -2.82. The molecule has 0 saturated carbocycles. The summed E-state index contributed by atoms with van der Waals surface area (Å²) in [6.45, 7) is 3.79. The number of amides is 1. The molecular weight excluding hydrogens is 430 g/mol. The van der Waals surface area contributed by atoms with Crippen LogP contribution < -0.4 is 0 Å². The van der Waals surface area contributed by atoms with Gasteiger partial charge in [-0.2, -0.15) is 4.31 Å². The second-order valence-corrected chi connectivity index (χ2v) is 10.1. The Bertz CT molecular complexity index is 1270. The Labute approximate surface area is 186 Å². The van der Waals surface area contributed by atoms with Crippen LogP contribution in [-0.2, 0) is 14.8 Å². The number of hydrogen-bond donors (Lipinski definition) is 0. The van der Waals surface area contributed by atoms with Crippen molar-refractivity contribution >= 4 is 21.6 Å². The number of rotatable bonds is 4. The van der Waals surface area contributed by atoms with Gasteiger partial charge in [-0.15, -0.1) is 10.2 Å². The lowest BCUT2D eigenvalue weighted by Gasteiger charge is -2.27. The summed E-state index contributed by atoms with van der Waals surface area (Å²) in [7, 11) is -3.69. The Balaban J connectivity index is 1.48. The summed E-state index contributed by atoms with van der Waals surface area (Å²) in [5.74, 6) is 0.540. The lowest BCUT2D eigenvalue weighted by atomic mass is 10.1. The van der Waals surface area contributed by atoms with E-state index >= 15 is 0 Å². The van der Waals surface area contributed by atoms with Crippen LogP contribution in [0.15, 0.2) is 47.5 Å². The molecular formula is C22H25N5O4S. The highest BCUT2D eigenvalue weighted by Crippen LogP contribution is 2.33. The summed E-state index contributed by atoms with van der Waals surface area (Å²) >= 11 is 0. The van der Waals surface area contributed by atoms with E-state index in [1.807, 2.05) is 35.7 Å². The van der Waals surface area contributed by atoms with Gasteiger partial charge >= 0.3 is 0 Å². The van der Waals surface area contributed by atoms with Gasteiger partial charge in [-0.1, -0.05) is 12.1 Å².